The number of anilines is 1. The lowest BCUT2D eigenvalue weighted by Crippen LogP contribution is -2.49. The molecule has 0 radical (unpaired) electrons. The van der Waals surface area contributed by atoms with Crippen molar-refractivity contribution in [2.45, 2.75) is 6.54 Å². The molecule has 24 heavy (non-hydrogen) atoms. The minimum atomic E-state index is -0.0657. The third kappa shape index (κ3) is 3.32. The van der Waals surface area contributed by atoms with E-state index in [9.17, 15) is 4.79 Å². The van der Waals surface area contributed by atoms with Gasteiger partial charge in [-0.3, -0.25) is 4.90 Å². The first-order valence-electron chi connectivity index (χ1n) is 7.97. The number of piperazine rings is 1. The van der Waals surface area contributed by atoms with E-state index in [-0.39, 0.29) is 12.8 Å². The number of nitrogens with zero attached hydrogens (tertiary/aromatic N) is 2. The SMILES string of the molecule is O=C(Nc1ccc2c(c1)OCO2)N1CCN(Cc2ccsc2)CC1. The minimum Gasteiger partial charge on any atom is -0.454 e. The molecule has 126 valence electrons. The largest absolute Gasteiger partial charge is 0.454 e. The summed E-state index contributed by atoms with van der Waals surface area (Å²) in [5, 5.41) is 7.22. The van der Waals surface area contributed by atoms with Crippen molar-refractivity contribution in [3.05, 3.63) is 40.6 Å². The van der Waals surface area contributed by atoms with Gasteiger partial charge in [0, 0.05) is 44.5 Å². The van der Waals surface area contributed by atoms with E-state index < -0.39 is 0 Å². The molecule has 1 aromatic heterocycles. The Labute approximate surface area is 144 Å². The van der Waals surface area contributed by atoms with E-state index in [1.807, 2.05) is 17.0 Å². The first-order chi connectivity index (χ1) is 11.8. The number of nitrogens with one attached hydrogen (secondary N) is 1. The average molecular weight is 345 g/mol. The highest BCUT2D eigenvalue weighted by atomic mass is 32.1. The van der Waals surface area contributed by atoms with Gasteiger partial charge in [-0.05, 0) is 34.5 Å². The summed E-state index contributed by atoms with van der Waals surface area (Å²) < 4.78 is 10.6. The van der Waals surface area contributed by atoms with E-state index in [4.69, 9.17) is 9.47 Å². The molecule has 6 nitrogen and oxygen atoms in total. The van der Waals surface area contributed by atoms with E-state index in [0.717, 1.165) is 44.2 Å². The van der Waals surface area contributed by atoms with Gasteiger partial charge in [0.1, 0.15) is 0 Å². The van der Waals surface area contributed by atoms with Crippen LogP contribution in [0.1, 0.15) is 5.56 Å². The highest BCUT2D eigenvalue weighted by molar-refractivity contribution is 7.07. The number of amides is 2. The number of benzene rings is 1. The fraction of sp³-hybridized carbons (Fsp3) is 0.353. The molecule has 0 bridgehead atoms. The Morgan fingerprint density at radius 2 is 1.96 bits per heavy atom. The Bertz CT molecular complexity index is 712. The van der Waals surface area contributed by atoms with E-state index in [0.29, 0.717) is 5.75 Å². The molecule has 4 rings (SSSR count). The van der Waals surface area contributed by atoms with Crippen molar-refractivity contribution in [2.24, 2.45) is 0 Å². The highest BCUT2D eigenvalue weighted by Crippen LogP contribution is 2.34. The molecule has 0 atom stereocenters. The molecule has 0 aliphatic carbocycles. The highest BCUT2D eigenvalue weighted by Gasteiger charge is 2.22. The fourth-order valence-corrected chi connectivity index (χ4v) is 3.59. The van der Waals surface area contributed by atoms with Crippen molar-refractivity contribution in [2.75, 3.05) is 38.3 Å². The molecule has 2 aromatic rings. The van der Waals surface area contributed by atoms with Gasteiger partial charge >= 0.3 is 6.03 Å². The van der Waals surface area contributed by atoms with Crippen molar-refractivity contribution in [3.8, 4) is 11.5 Å². The molecular weight excluding hydrogens is 326 g/mol. The third-order valence-electron chi connectivity index (χ3n) is 4.27. The molecular formula is C17H19N3O3S. The molecule has 1 fully saturated rings. The van der Waals surface area contributed by atoms with Crippen LogP contribution in [-0.4, -0.2) is 48.8 Å². The Morgan fingerprint density at radius 3 is 2.75 bits per heavy atom. The van der Waals surface area contributed by atoms with Crippen LogP contribution in [0.5, 0.6) is 11.5 Å². The molecule has 2 aliphatic rings. The number of ether oxygens (including phenoxy) is 2. The number of thiophene rings is 1. The Hall–Kier alpha value is -2.25. The second-order valence-electron chi connectivity index (χ2n) is 5.89. The maximum Gasteiger partial charge on any atom is 0.321 e. The standard InChI is InChI=1S/C17H19N3O3S/c21-17(18-14-1-2-15-16(9-14)23-12-22-15)20-6-4-19(5-7-20)10-13-3-8-24-11-13/h1-3,8-9,11H,4-7,10,12H2,(H,18,21). The minimum absolute atomic E-state index is 0.0657. The van der Waals surface area contributed by atoms with Gasteiger partial charge in [0.15, 0.2) is 11.5 Å². The van der Waals surface area contributed by atoms with Crippen molar-refractivity contribution in [1.29, 1.82) is 0 Å². The van der Waals surface area contributed by atoms with E-state index >= 15 is 0 Å². The van der Waals surface area contributed by atoms with E-state index in [2.05, 4.69) is 27.0 Å². The van der Waals surface area contributed by atoms with Gasteiger partial charge in [-0.1, -0.05) is 0 Å². The summed E-state index contributed by atoms with van der Waals surface area (Å²) in [5.74, 6) is 1.39. The maximum absolute atomic E-state index is 12.4. The number of urea groups is 1. The lowest BCUT2D eigenvalue weighted by Gasteiger charge is -2.34. The predicted molar refractivity (Wildman–Crippen MR) is 92.8 cm³/mol. The zero-order valence-electron chi connectivity index (χ0n) is 13.2. The van der Waals surface area contributed by atoms with Gasteiger partial charge in [0.25, 0.3) is 0 Å². The monoisotopic (exact) mass is 345 g/mol. The lowest BCUT2D eigenvalue weighted by atomic mass is 10.2. The average Bonchev–Trinajstić information content (AvgIpc) is 3.26. The molecule has 0 spiro atoms. The number of carbonyl (C=O) groups is 1. The summed E-state index contributed by atoms with van der Waals surface area (Å²) >= 11 is 1.72. The summed E-state index contributed by atoms with van der Waals surface area (Å²) in [5.41, 5.74) is 2.07. The summed E-state index contributed by atoms with van der Waals surface area (Å²) in [4.78, 5) is 16.7. The number of rotatable bonds is 3. The van der Waals surface area contributed by atoms with Crippen molar-refractivity contribution >= 4 is 23.1 Å². The summed E-state index contributed by atoms with van der Waals surface area (Å²) in [6, 6.07) is 7.54. The fourth-order valence-electron chi connectivity index (χ4n) is 2.93. The first-order valence-corrected chi connectivity index (χ1v) is 8.91. The summed E-state index contributed by atoms with van der Waals surface area (Å²) in [7, 11) is 0. The van der Waals surface area contributed by atoms with Crippen LogP contribution >= 0.6 is 11.3 Å². The first kappa shape index (κ1) is 15.3. The molecule has 0 unspecified atom stereocenters. The lowest BCUT2D eigenvalue weighted by molar-refractivity contribution is 0.143. The number of carbonyl (C=O) groups excluding carboxylic acids is 1. The Kier molecular flexibility index (Phi) is 4.27. The van der Waals surface area contributed by atoms with Gasteiger partial charge in [0.05, 0.1) is 0 Å². The van der Waals surface area contributed by atoms with Gasteiger partial charge < -0.3 is 19.7 Å². The summed E-state index contributed by atoms with van der Waals surface area (Å²) in [6.07, 6.45) is 0. The zero-order valence-corrected chi connectivity index (χ0v) is 14.1. The van der Waals surface area contributed by atoms with Gasteiger partial charge in [0.2, 0.25) is 6.79 Å². The second kappa shape index (κ2) is 6.70. The Balaban J connectivity index is 1.30. The van der Waals surface area contributed by atoms with Crippen LogP contribution in [0.4, 0.5) is 10.5 Å². The predicted octanol–water partition coefficient (Wildman–Crippen LogP) is 2.83. The van der Waals surface area contributed by atoms with Crippen LogP contribution in [-0.2, 0) is 6.54 Å². The normalized spacial score (nSPS) is 17.1. The molecule has 1 aromatic carbocycles. The molecule has 1 N–H and O–H groups in total. The molecule has 2 aliphatic heterocycles. The maximum atomic E-state index is 12.4. The van der Waals surface area contributed by atoms with Crippen molar-refractivity contribution in [1.82, 2.24) is 9.80 Å². The quantitative estimate of drug-likeness (QED) is 0.929. The molecule has 0 saturated carbocycles. The number of hydrogen-bond acceptors (Lipinski definition) is 5. The summed E-state index contributed by atoms with van der Waals surface area (Å²) in [6.45, 7) is 4.45. The number of fused-ring (bicyclic) bond motifs is 1. The Morgan fingerprint density at radius 1 is 1.12 bits per heavy atom. The van der Waals surface area contributed by atoms with E-state index in [1.54, 1.807) is 17.4 Å². The third-order valence-corrected chi connectivity index (χ3v) is 5.00. The molecule has 3 heterocycles. The van der Waals surface area contributed by atoms with Crippen LogP contribution in [0.2, 0.25) is 0 Å². The van der Waals surface area contributed by atoms with Crippen LogP contribution in [0.25, 0.3) is 0 Å². The van der Waals surface area contributed by atoms with Crippen LogP contribution in [0, 0.1) is 0 Å². The van der Waals surface area contributed by atoms with Gasteiger partial charge in [-0.25, -0.2) is 4.79 Å². The number of hydrogen-bond donors (Lipinski definition) is 1. The van der Waals surface area contributed by atoms with Crippen molar-refractivity contribution in [3.63, 3.8) is 0 Å². The topological polar surface area (TPSA) is 54.0 Å². The zero-order chi connectivity index (χ0) is 16.4. The van der Waals surface area contributed by atoms with E-state index in [1.165, 1.54) is 5.56 Å². The van der Waals surface area contributed by atoms with Crippen LogP contribution < -0.4 is 14.8 Å². The second-order valence-corrected chi connectivity index (χ2v) is 6.67. The molecule has 2 amide bonds. The van der Waals surface area contributed by atoms with Gasteiger partial charge in [-0.2, -0.15) is 11.3 Å². The van der Waals surface area contributed by atoms with Crippen molar-refractivity contribution < 1.29 is 14.3 Å². The smallest absolute Gasteiger partial charge is 0.321 e. The molecule has 7 heteroatoms. The van der Waals surface area contributed by atoms with Crippen LogP contribution in [0.15, 0.2) is 35.0 Å². The van der Waals surface area contributed by atoms with Gasteiger partial charge in [-0.15, -0.1) is 0 Å². The van der Waals surface area contributed by atoms with Crippen LogP contribution in [0.3, 0.4) is 0 Å². The molecule has 1 saturated heterocycles.